The van der Waals surface area contributed by atoms with Crippen LogP contribution in [0.3, 0.4) is 0 Å². The number of alkyl halides is 3. The number of morpholine rings is 1. The first-order valence-corrected chi connectivity index (χ1v) is 10.8. The van der Waals surface area contributed by atoms with Crippen LogP contribution in [0.4, 0.5) is 24.7 Å². The number of rotatable bonds is 6. The van der Waals surface area contributed by atoms with Crippen molar-refractivity contribution in [2.75, 3.05) is 36.2 Å². The lowest BCUT2D eigenvalue weighted by Gasteiger charge is -2.30. The number of nitrogens with one attached hydrogen (secondary N) is 1. The Kier molecular flexibility index (Phi) is 6.67. The van der Waals surface area contributed by atoms with Gasteiger partial charge < -0.3 is 19.6 Å². The Balaban J connectivity index is 1.59. The number of hydrogen-bond donors (Lipinski definition) is 2. The normalized spacial score (nSPS) is 17.4. The molecular formula is C23H25F3N4O4. The number of ether oxygens (including phenoxy) is 1. The van der Waals surface area contributed by atoms with Crippen molar-refractivity contribution in [1.29, 1.82) is 0 Å². The molecule has 1 atom stereocenters. The lowest BCUT2D eigenvalue weighted by atomic mass is 9.95. The van der Waals surface area contributed by atoms with E-state index < -0.39 is 17.7 Å². The number of hydrazine groups is 1. The third kappa shape index (κ3) is 5.10. The number of halogens is 3. The molecule has 2 N–H and O–H groups in total. The van der Waals surface area contributed by atoms with E-state index in [0.29, 0.717) is 26.3 Å². The van der Waals surface area contributed by atoms with E-state index in [2.05, 4.69) is 10.6 Å². The van der Waals surface area contributed by atoms with Gasteiger partial charge in [-0.05, 0) is 36.1 Å². The van der Waals surface area contributed by atoms with Crippen molar-refractivity contribution >= 4 is 23.2 Å². The van der Waals surface area contributed by atoms with Gasteiger partial charge >= 0.3 is 12.1 Å². The molecule has 4 rings (SSSR count). The SMILES string of the molecule is Cc1cc(C(C)CC(=O)O)ccc1N1C=C(c2cnc(N3CCOCC3)c(C(F)(F)F)c2)ON1. The molecule has 1 unspecified atom stereocenters. The number of aromatic nitrogens is 1. The highest BCUT2D eigenvalue weighted by Crippen LogP contribution is 2.38. The van der Waals surface area contributed by atoms with Crippen molar-refractivity contribution in [3.63, 3.8) is 0 Å². The highest BCUT2D eigenvalue weighted by Gasteiger charge is 2.37. The fourth-order valence-electron chi connectivity index (χ4n) is 3.98. The molecule has 8 nitrogen and oxygen atoms in total. The molecule has 0 radical (unpaired) electrons. The van der Waals surface area contributed by atoms with Crippen LogP contribution in [0.5, 0.6) is 0 Å². The van der Waals surface area contributed by atoms with E-state index in [1.54, 1.807) is 22.2 Å². The minimum atomic E-state index is -4.58. The molecule has 0 spiro atoms. The van der Waals surface area contributed by atoms with E-state index in [9.17, 15) is 18.0 Å². The van der Waals surface area contributed by atoms with Gasteiger partial charge in [-0.15, -0.1) is 0 Å². The van der Waals surface area contributed by atoms with Crippen LogP contribution in [0.2, 0.25) is 0 Å². The van der Waals surface area contributed by atoms with Gasteiger partial charge in [-0.2, -0.15) is 13.2 Å². The zero-order valence-electron chi connectivity index (χ0n) is 18.7. The minimum Gasteiger partial charge on any atom is -0.481 e. The van der Waals surface area contributed by atoms with Gasteiger partial charge in [0.25, 0.3) is 0 Å². The van der Waals surface area contributed by atoms with Gasteiger partial charge in [0.15, 0.2) is 5.76 Å². The maximum absolute atomic E-state index is 13.8. The molecule has 2 aliphatic heterocycles. The molecule has 2 aliphatic rings. The summed E-state index contributed by atoms with van der Waals surface area (Å²) in [5.74, 6) is -0.960. The number of aliphatic carboxylic acids is 1. The summed E-state index contributed by atoms with van der Waals surface area (Å²) in [4.78, 5) is 22.1. The maximum atomic E-state index is 13.8. The highest BCUT2D eigenvalue weighted by molar-refractivity contribution is 5.70. The number of nitrogens with zero attached hydrogens (tertiary/aromatic N) is 3. The largest absolute Gasteiger partial charge is 0.481 e. The molecule has 2 aromatic rings. The molecule has 182 valence electrons. The first-order chi connectivity index (χ1) is 16.1. The summed E-state index contributed by atoms with van der Waals surface area (Å²) in [6.07, 6.45) is -1.65. The van der Waals surface area contributed by atoms with Crippen molar-refractivity contribution in [3.05, 3.63) is 58.9 Å². The zero-order chi connectivity index (χ0) is 24.5. The lowest BCUT2D eigenvalue weighted by molar-refractivity contribution is -0.138. The number of anilines is 2. The van der Waals surface area contributed by atoms with Gasteiger partial charge in [0.1, 0.15) is 5.82 Å². The average molecular weight is 478 g/mol. The fourth-order valence-corrected chi connectivity index (χ4v) is 3.98. The molecule has 0 bridgehead atoms. The van der Waals surface area contributed by atoms with E-state index in [1.807, 2.05) is 26.0 Å². The summed E-state index contributed by atoms with van der Waals surface area (Å²) in [5, 5.41) is 10.6. The monoisotopic (exact) mass is 478 g/mol. The highest BCUT2D eigenvalue weighted by atomic mass is 19.4. The second-order valence-corrected chi connectivity index (χ2v) is 8.29. The third-order valence-corrected chi connectivity index (χ3v) is 5.80. The van der Waals surface area contributed by atoms with Crippen molar-refractivity contribution in [1.82, 2.24) is 10.6 Å². The van der Waals surface area contributed by atoms with Gasteiger partial charge in [-0.1, -0.05) is 24.6 Å². The van der Waals surface area contributed by atoms with Gasteiger partial charge in [-0.25, -0.2) is 9.99 Å². The Morgan fingerprint density at radius 1 is 1.26 bits per heavy atom. The molecule has 0 saturated carbocycles. The van der Waals surface area contributed by atoms with Gasteiger partial charge in [-0.3, -0.25) is 4.79 Å². The third-order valence-electron chi connectivity index (χ3n) is 5.80. The van der Waals surface area contributed by atoms with Crippen LogP contribution in [-0.4, -0.2) is 42.4 Å². The Hall–Kier alpha value is -3.31. The molecule has 0 amide bonds. The average Bonchev–Trinajstić information content (AvgIpc) is 3.28. The number of carboxylic acid groups (broad SMARTS) is 1. The van der Waals surface area contributed by atoms with Crippen LogP contribution in [0, 0.1) is 6.92 Å². The second-order valence-electron chi connectivity index (χ2n) is 8.29. The molecular weight excluding hydrogens is 453 g/mol. The first-order valence-electron chi connectivity index (χ1n) is 10.8. The molecule has 1 fully saturated rings. The number of pyridine rings is 1. The lowest BCUT2D eigenvalue weighted by Crippen LogP contribution is -2.38. The first kappa shape index (κ1) is 23.8. The Morgan fingerprint density at radius 2 is 2.00 bits per heavy atom. The van der Waals surface area contributed by atoms with E-state index in [0.717, 1.165) is 22.9 Å². The van der Waals surface area contributed by atoms with Gasteiger partial charge in [0, 0.05) is 24.8 Å². The predicted molar refractivity (Wildman–Crippen MR) is 119 cm³/mol. The second kappa shape index (κ2) is 9.51. The topological polar surface area (TPSA) is 87.2 Å². The van der Waals surface area contributed by atoms with Crippen LogP contribution >= 0.6 is 0 Å². The Bertz CT molecular complexity index is 1100. The van der Waals surface area contributed by atoms with Crippen LogP contribution in [0.15, 0.2) is 36.7 Å². The van der Waals surface area contributed by atoms with E-state index in [1.165, 1.54) is 6.20 Å². The van der Waals surface area contributed by atoms with E-state index in [-0.39, 0.29) is 29.5 Å². The van der Waals surface area contributed by atoms with Crippen LogP contribution in [-0.2, 0) is 20.5 Å². The summed E-state index contributed by atoms with van der Waals surface area (Å²) >= 11 is 0. The van der Waals surface area contributed by atoms with Crippen molar-refractivity contribution in [3.8, 4) is 0 Å². The van der Waals surface area contributed by atoms with Crippen molar-refractivity contribution in [2.24, 2.45) is 0 Å². The van der Waals surface area contributed by atoms with Crippen molar-refractivity contribution < 1.29 is 32.6 Å². The molecule has 34 heavy (non-hydrogen) atoms. The van der Waals surface area contributed by atoms with Crippen molar-refractivity contribution in [2.45, 2.75) is 32.4 Å². The zero-order valence-corrected chi connectivity index (χ0v) is 18.7. The number of carboxylic acids is 1. The quantitative estimate of drug-likeness (QED) is 0.643. The summed E-state index contributed by atoms with van der Waals surface area (Å²) in [6, 6.07) is 6.55. The summed E-state index contributed by atoms with van der Waals surface area (Å²) in [6.45, 7) is 5.07. The number of aryl methyl sites for hydroxylation is 1. The van der Waals surface area contributed by atoms with Gasteiger partial charge in [0.2, 0.25) is 0 Å². The molecule has 1 saturated heterocycles. The van der Waals surface area contributed by atoms with E-state index in [4.69, 9.17) is 14.7 Å². The number of carbonyl (C=O) groups is 1. The minimum absolute atomic E-state index is 0.0168. The summed E-state index contributed by atoms with van der Waals surface area (Å²) in [7, 11) is 0. The van der Waals surface area contributed by atoms with E-state index >= 15 is 0 Å². The van der Waals surface area contributed by atoms with Gasteiger partial charge in [0.05, 0.1) is 37.1 Å². The molecule has 3 heterocycles. The van der Waals surface area contributed by atoms with Crippen LogP contribution in [0.25, 0.3) is 5.76 Å². The Morgan fingerprint density at radius 3 is 2.65 bits per heavy atom. The van der Waals surface area contributed by atoms with Crippen LogP contribution < -0.4 is 15.5 Å². The molecule has 11 heteroatoms. The molecule has 0 aliphatic carbocycles. The molecule has 1 aromatic heterocycles. The van der Waals surface area contributed by atoms with Crippen LogP contribution in [0.1, 0.15) is 41.5 Å². The fraction of sp³-hybridized carbons (Fsp3) is 0.391. The maximum Gasteiger partial charge on any atom is 0.419 e. The predicted octanol–water partition coefficient (Wildman–Crippen LogP) is 4.08. The number of benzene rings is 1. The number of hydrogen-bond acceptors (Lipinski definition) is 7. The summed E-state index contributed by atoms with van der Waals surface area (Å²) in [5.41, 5.74) is 4.49. The Labute approximate surface area is 194 Å². The molecule has 1 aromatic carbocycles. The summed E-state index contributed by atoms with van der Waals surface area (Å²) < 4.78 is 46.7. The smallest absolute Gasteiger partial charge is 0.419 e. The standard InChI is InChI=1S/C23H25F3N4O4/c1-14(10-21(31)32)16-3-4-19(15(2)9-16)30-13-20(34-28-30)17-11-18(23(24,25)26)22(27-12-17)29-5-7-33-8-6-29/h3-4,9,11-14,28H,5-8,10H2,1-2H3,(H,31,32).